The van der Waals surface area contributed by atoms with Gasteiger partial charge in [-0.2, -0.15) is 0 Å². The molecule has 5 heteroatoms. The molecule has 0 unspecified atom stereocenters. The zero-order valence-corrected chi connectivity index (χ0v) is 15.5. The summed E-state index contributed by atoms with van der Waals surface area (Å²) in [5.41, 5.74) is 2.72. The number of aryl methyl sites for hydroxylation is 2. The lowest BCUT2D eigenvalue weighted by Crippen LogP contribution is -2.46. The quantitative estimate of drug-likeness (QED) is 0.855. The summed E-state index contributed by atoms with van der Waals surface area (Å²) in [6.45, 7) is 8.75. The molecule has 0 bridgehead atoms. The van der Waals surface area contributed by atoms with Crippen molar-refractivity contribution in [3.05, 3.63) is 39.5 Å². The van der Waals surface area contributed by atoms with Gasteiger partial charge in [0.2, 0.25) is 0 Å². The van der Waals surface area contributed by atoms with Gasteiger partial charge in [0.15, 0.2) is 0 Å². The van der Waals surface area contributed by atoms with Gasteiger partial charge in [-0.15, -0.1) is 11.3 Å². The van der Waals surface area contributed by atoms with E-state index < -0.39 is 0 Å². The first-order valence-electron chi connectivity index (χ1n) is 9.11. The minimum absolute atomic E-state index is 0.725. The smallest absolute Gasteiger partial charge is 0.132 e. The zero-order valence-electron chi connectivity index (χ0n) is 14.7. The van der Waals surface area contributed by atoms with Crippen molar-refractivity contribution in [1.82, 2.24) is 14.9 Å². The molecule has 0 saturated carbocycles. The first-order valence-corrected chi connectivity index (χ1v) is 9.99. The van der Waals surface area contributed by atoms with Crippen LogP contribution in [0.5, 0.6) is 0 Å². The summed E-state index contributed by atoms with van der Waals surface area (Å²) >= 11 is 1.93. The molecule has 0 spiro atoms. The van der Waals surface area contributed by atoms with Crippen LogP contribution in [0.25, 0.3) is 0 Å². The molecular formula is C19H26N4S. The summed E-state index contributed by atoms with van der Waals surface area (Å²) in [7, 11) is 0. The normalized spacial score (nSPS) is 19.5. The van der Waals surface area contributed by atoms with Crippen molar-refractivity contribution in [3.63, 3.8) is 0 Å². The Morgan fingerprint density at radius 3 is 2.83 bits per heavy atom. The number of thiophene rings is 1. The summed E-state index contributed by atoms with van der Waals surface area (Å²) in [6.07, 6.45) is 4.69. The van der Waals surface area contributed by atoms with E-state index in [1.54, 1.807) is 10.4 Å². The van der Waals surface area contributed by atoms with Crippen molar-refractivity contribution in [2.45, 2.75) is 52.1 Å². The summed E-state index contributed by atoms with van der Waals surface area (Å²) in [5, 5.41) is 2.25. The molecule has 0 aromatic carbocycles. The highest BCUT2D eigenvalue weighted by molar-refractivity contribution is 7.10. The Kier molecular flexibility index (Phi) is 4.55. The van der Waals surface area contributed by atoms with Crippen LogP contribution in [-0.2, 0) is 19.4 Å². The van der Waals surface area contributed by atoms with E-state index in [0.717, 1.165) is 49.4 Å². The molecule has 24 heavy (non-hydrogen) atoms. The lowest BCUT2D eigenvalue weighted by atomic mass is 9.99. The van der Waals surface area contributed by atoms with Crippen LogP contribution in [0, 0.1) is 6.92 Å². The summed E-state index contributed by atoms with van der Waals surface area (Å²) in [6, 6.07) is 5.21. The van der Waals surface area contributed by atoms with Crippen molar-refractivity contribution in [1.29, 1.82) is 0 Å². The van der Waals surface area contributed by atoms with Crippen LogP contribution >= 0.6 is 11.3 Å². The number of piperidine rings is 1. The minimum Gasteiger partial charge on any atom is -0.356 e. The number of aromatic nitrogens is 2. The van der Waals surface area contributed by atoms with Gasteiger partial charge in [-0.05, 0) is 49.6 Å². The third kappa shape index (κ3) is 3.20. The second-order valence-corrected chi connectivity index (χ2v) is 7.93. The molecule has 1 saturated heterocycles. The molecule has 4 nitrogen and oxygen atoms in total. The second kappa shape index (κ2) is 6.81. The van der Waals surface area contributed by atoms with Crippen LogP contribution in [0.2, 0.25) is 0 Å². The molecule has 2 aromatic heterocycles. The van der Waals surface area contributed by atoms with Crippen molar-refractivity contribution < 1.29 is 0 Å². The van der Waals surface area contributed by atoms with Crippen LogP contribution in [0.1, 0.15) is 41.7 Å². The first-order chi connectivity index (χ1) is 11.7. The fourth-order valence-corrected chi connectivity index (χ4v) is 4.89. The highest BCUT2D eigenvalue weighted by Crippen LogP contribution is 2.29. The maximum atomic E-state index is 4.67. The molecule has 128 valence electrons. The molecule has 0 radical (unpaired) electrons. The van der Waals surface area contributed by atoms with Gasteiger partial charge in [0.05, 0.1) is 0 Å². The molecule has 2 aliphatic heterocycles. The number of hydrogen-bond acceptors (Lipinski definition) is 5. The Bertz CT molecular complexity index is 703. The van der Waals surface area contributed by atoms with Gasteiger partial charge in [0.1, 0.15) is 11.6 Å². The van der Waals surface area contributed by atoms with Crippen LogP contribution in [0.3, 0.4) is 0 Å². The topological polar surface area (TPSA) is 32.3 Å². The largest absolute Gasteiger partial charge is 0.356 e. The zero-order chi connectivity index (χ0) is 16.5. The standard InChI is InChI=1S/C19H26N4S/c1-3-16-12-19(21-14(2)20-16)22-8-4-17(5-9-22)23-10-6-18-15(13-23)7-11-24-18/h7,11-12,17H,3-6,8-10,13H2,1-2H3. The molecule has 4 heterocycles. The molecule has 0 N–H and O–H groups in total. The third-order valence-corrected chi connectivity index (χ3v) is 6.40. The predicted molar refractivity (Wildman–Crippen MR) is 99.8 cm³/mol. The second-order valence-electron chi connectivity index (χ2n) is 6.93. The maximum absolute atomic E-state index is 4.67. The number of rotatable bonds is 3. The van der Waals surface area contributed by atoms with Gasteiger partial charge >= 0.3 is 0 Å². The molecule has 0 amide bonds. The highest BCUT2D eigenvalue weighted by atomic mass is 32.1. The van der Waals surface area contributed by atoms with E-state index in [0.29, 0.717) is 0 Å². The average Bonchev–Trinajstić information content (AvgIpc) is 3.09. The molecule has 2 aliphatic rings. The van der Waals surface area contributed by atoms with E-state index in [4.69, 9.17) is 0 Å². The monoisotopic (exact) mass is 342 g/mol. The van der Waals surface area contributed by atoms with Crippen LogP contribution in [0.15, 0.2) is 17.5 Å². The molecular weight excluding hydrogens is 316 g/mol. The Balaban J connectivity index is 1.40. The van der Waals surface area contributed by atoms with E-state index in [1.165, 1.54) is 25.8 Å². The number of nitrogens with zero attached hydrogens (tertiary/aromatic N) is 4. The van der Waals surface area contributed by atoms with Gasteiger partial charge in [-0.1, -0.05) is 6.92 Å². The van der Waals surface area contributed by atoms with Crippen molar-refractivity contribution in [2.24, 2.45) is 0 Å². The number of fused-ring (bicyclic) bond motifs is 1. The van der Waals surface area contributed by atoms with Crippen molar-refractivity contribution in [3.8, 4) is 0 Å². The predicted octanol–water partition coefficient (Wildman–Crippen LogP) is 3.44. The van der Waals surface area contributed by atoms with E-state index >= 15 is 0 Å². The van der Waals surface area contributed by atoms with Gasteiger partial charge in [0.25, 0.3) is 0 Å². The Hall–Kier alpha value is -1.46. The van der Waals surface area contributed by atoms with E-state index in [2.05, 4.69) is 44.2 Å². The third-order valence-electron chi connectivity index (χ3n) is 5.38. The molecule has 1 fully saturated rings. The molecule has 0 atom stereocenters. The van der Waals surface area contributed by atoms with Crippen molar-refractivity contribution in [2.75, 3.05) is 24.5 Å². The van der Waals surface area contributed by atoms with E-state index in [1.807, 2.05) is 18.3 Å². The average molecular weight is 343 g/mol. The Morgan fingerprint density at radius 2 is 2.04 bits per heavy atom. The van der Waals surface area contributed by atoms with Crippen molar-refractivity contribution >= 4 is 17.2 Å². The van der Waals surface area contributed by atoms with E-state index in [-0.39, 0.29) is 0 Å². The van der Waals surface area contributed by atoms with Crippen LogP contribution < -0.4 is 4.90 Å². The SMILES string of the molecule is CCc1cc(N2CCC(N3CCc4sccc4C3)CC2)nc(C)n1. The van der Waals surface area contributed by atoms with Gasteiger partial charge in [-0.3, -0.25) is 4.90 Å². The summed E-state index contributed by atoms with van der Waals surface area (Å²) in [5.74, 6) is 2.02. The first kappa shape index (κ1) is 16.0. The maximum Gasteiger partial charge on any atom is 0.132 e. The minimum atomic E-state index is 0.725. The van der Waals surface area contributed by atoms with Gasteiger partial charge in [-0.25, -0.2) is 9.97 Å². The van der Waals surface area contributed by atoms with Gasteiger partial charge < -0.3 is 4.90 Å². The molecule has 0 aliphatic carbocycles. The number of hydrogen-bond donors (Lipinski definition) is 0. The summed E-state index contributed by atoms with van der Waals surface area (Å²) in [4.78, 5) is 15.9. The van der Waals surface area contributed by atoms with E-state index in [9.17, 15) is 0 Å². The fraction of sp³-hybridized carbons (Fsp3) is 0.579. The lowest BCUT2D eigenvalue weighted by molar-refractivity contribution is 0.154. The van der Waals surface area contributed by atoms with Gasteiger partial charge in [0, 0.05) is 48.9 Å². The Labute approximate surface area is 148 Å². The Morgan fingerprint density at radius 1 is 1.21 bits per heavy atom. The summed E-state index contributed by atoms with van der Waals surface area (Å²) < 4.78 is 0. The fourth-order valence-electron chi connectivity index (χ4n) is 4.00. The molecule has 4 rings (SSSR count). The number of anilines is 1. The van der Waals surface area contributed by atoms with Crippen LogP contribution in [0.4, 0.5) is 5.82 Å². The molecule has 2 aromatic rings. The van der Waals surface area contributed by atoms with Crippen LogP contribution in [-0.4, -0.2) is 40.5 Å². The highest BCUT2D eigenvalue weighted by Gasteiger charge is 2.28. The lowest BCUT2D eigenvalue weighted by Gasteiger charge is -2.40.